The minimum atomic E-state index is -0.662. The summed E-state index contributed by atoms with van der Waals surface area (Å²) in [5, 5.41) is 6.45. The van der Waals surface area contributed by atoms with Crippen LogP contribution in [0.3, 0.4) is 0 Å². The fraction of sp³-hybridized carbons (Fsp3) is 0.526. The van der Waals surface area contributed by atoms with Crippen molar-refractivity contribution in [3.05, 3.63) is 34.6 Å². The fourth-order valence-electron chi connectivity index (χ4n) is 3.35. The molecule has 0 radical (unpaired) electrons. The number of nitrogens with one attached hydrogen (secondary N) is 2. The highest BCUT2D eigenvalue weighted by molar-refractivity contribution is 8.15. The van der Waals surface area contributed by atoms with Gasteiger partial charge in [-0.25, -0.2) is 4.39 Å². The second kappa shape index (κ2) is 9.55. The summed E-state index contributed by atoms with van der Waals surface area (Å²) in [6, 6.07) is 4.49. The van der Waals surface area contributed by atoms with E-state index in [1.54, 1.807) is 0 Å². The Labute approximate surface area is 167 Å². The Morgan fingerprint density at radius 2 is 2.00 bits per heavy atom. The number of amidine groups is 1. The van der Waals surface area contributed by atoms with Crippen LogP contribution in [-0.4, -0.2) is 34.8 Å². The van der Waals surface area contributed by atoms with Gasteiger partial charge in [-0.05, 0) is 31.4 Å². The van der Waals surface area contributed by atoms with Crippen LogP contribution in [0.15, 0.2) is 23.2 Å². The number of hydrogen-bond donors (Lipinski definition) is 2. The summed E-state index contributed by atoms with van der Waals surface area (Å²) >= 11 is 7.30. The van der Waals surface area contributed by atoms with Crippen LogP contribution in [0.5, 0.6) is 0 Å². The van der Waals surface area contributed by atoms with E-state index in [0.717, 1.165) is 12.8 Å². The van der Waals surface area contributed by atoms with Crippen molar-refractivity contribution < 1.29 is 14.0 Å². The van der Waals surface area contributed by atoms with Gasteiger partial charge in [0.1, 0.15) is 5.82 Å². The molecule has 8 heteroatoms. The van der Waals surface area contributed by atoms with E-state index in [-0.39, 0.29) is 28.3 Å². The van der Waals surface area contributed by atoms with E-state index in [2.05, 4.69) is 15.6 Å². The van der Waals surface area contributed by atoms with Crippen LogP contribution in [-0.2, 0) is 4.79 Å². The van der Waals surface area contributed by atoms with E-state index < -0.39 is 11.7 Å². The van der Waals surface area contributed by atoms with E-state index in [1.807, 2.05) is 0 Å². The Morgan fingerprint density at radius 3 is 2.70 bits per heavy atom. The van der Waals surface area contributed by atoms with Crippen molar-refractivity contribution in [1.29, 1.82) is 0 Å². The van der Waals surface area contributed by atoms with Crippen molar-refractivity contribution >= 4 is 40.3 Å². The molecule has 3 rings (SSSR count). The van der Waals surface area contributed by atoms with Gasteiger partial charge in [-0.1, -0.05) is 55.1 Å². The number of thioether (sulfide) groups is 1. The summed E-state index contributed by atoms with van der Waals surface area (Å²) in [4.78, 5) is 28.4. The molecule has 1 aliphatic carbocycles. The lowest BCUT2D eigenvalue weighted by molar-refractivity contribution is -0.117. The Balaban J connectivity index is 1.45. The quantitative estimate of drug-likeness (QED) is 0.720. The Bertz CT molecular complexity index is 715. The van der Waals surface area contributed by atoms with Crippen molar-refractivity contribution in [2.45, 2.75) is 56.2 Å². The predicted molar refractivity (Wildman–Crippen MR) is 107 cm³/mol. The average molecular weight is 412 g/mol. The topological polar surface area (TPSA) is 70.6 Å². The van der Waals surface area contributed by atoms with Crippen LogP contribution in [0.25, 0.3) is 0 Å². The highest BCUT2D eigenvalue weighted by Gasteiger charge is 2.29. The molecule has 27 heavy (non-hydrogen) atoms. The van der Waals surface area contributed by atoms with Gasteiger partial charge >= 0.3 is 0 Å². The molecule has 1 saturated carbocycles. The maximum Gasteiger partial charge on any atom is 0.261 e. The van der Waals surface area contributed by atoms with Crippen molar-refractivity contribution in [2.75, 3.05) is 6.54 Å². The first kappa shape index (κ1) is 20.1. The van der Waals surface area contributed by atoms with Gasteiger partial charge in [-0.2, -0.15) is 4.99 Å². The molecule has 0 bridgehead atoms. The van der Waals surface area contributed by atoms with Crippen LogP contribution in [0.1, 0.15) is 55.3 Å². The van der Waals surface area contributed by atoms with Gasteiger partial charge in [0.05, 0.1) is 15.8 Å². The van der Waals surface area contributed by atoms with Gasteiger partial charge in [0.25, 0.3) is 11.8 Å². The number of benzene rings is 1. The molecular weight excluding hydrogens is 389 g/mol. The lowest BCUT2D eigenvalue weighted by Gasteiger charge is -2.17. The number of hydrogen-bond acceptors (Lipinski definition) is 4. The molecular formula is C19H23ClFN3O2S. The van der Waals surface area contributed by atoms with E-state index >= 15 is 0 Å². The Hall–Kier alpha value is -1.60. The molecule has 146 valence electrons. The molecule has 1 aliphatic heterocycles. The first-order valence-electron chi connectivity index (χ1n) is 9.32. The number of amides is 2. The zero-order chi connectivity index (χ0) is 19.2. The lowest BCUT2D eigenvalue weighted by atomic mass is 10.1. The van der Waals surface area contributed by atoms with Crippen molar-refractivity contribution in [3.63, 3.8) is 0 Å². The van der Waals surface area contributed by atoms with Gasteiger partial charge in [0, 0.05) is 12.6 Å². The number of nitrogens with zero attached hydrogens (tertiary/aromatic N) is 1. The monoisotopic (exact) mass is 411 g/mol. The molecule has 1 heterocycles. The minimum Gasteiger partial charge on any atom is -0.362 e. The summed E-state index contributed by atoms with van der Waals surface area (Å²) in [5.41, 5.74) is -0.170. The first-order chi connectivity index (χ1) is 13.0. The predicted octanol–water partition coefficient (Wildman–Crippen LogP) is 3.91. The Kier molecular flexibility index (Phi) is 7.13. The van der Waals surface area contributed by atoms with Gasteiger partial charge in [0.15, 0.2) is 5.17 Å². The molecule has 2 aliphatic rings. The van der Waals surface area contributed by atoms with E-state index in [0.29, 0.717) is 17.6 Å². The summed E-state index contributed by atoms with van der Waals surface area (Å²) in [6.07, 6.45) is 7.60. The molecule has 2 N–H and O–H groups in total. The highest BCUT2D eigenvalue weighted by Crippen LogP contribution is 2.26. The fourth-order valence-corrected chi connectivity index (χ4v) is 4.64. The van der Waals surface area contributed by atoms with Crippen LogP contribution in [0, 0.1) is 5.82 Å². The van der Waals surface area contributed by atoms with Crippen molar-refractivity contribution in [1.82, 2.24) is 10.6 Å². The molecule has 1 aromatic rings. The van der Waals surface area contributed by atoms with Crippen LogP contribution >= 0.6 is 23.4 Å². The summed E-state index contributed by atoms with van der Waals surface area (Å²) in [6.45, 7) is 0.249. The van der Waals surface area contributed by atoms with E-state index in [4.69, 9.17) is 11.6 Å². The SMILES string of the molecule is O=C(NCCC1SC(NC2CCCCCC2)=NC1=O)c1c(F)cccc1Cl. The third kappa shape index (κ3) is 5.45. The highest BCUT2D eigenvalue weighted by atomic mass is 35.5. The number of carbonyl (C=O) groups is 2. The zero-order valence-corrected chi connectivity index (χ0v) is 16.5. The van der Waals surface area contributed by atoms with Crippen molar-refractivity contribution in [2.24, 2.45) is 4.99 Å². The molecule has 2 amide bonds. The maximum absolute atomic E-state index is 13.8. The largest absolute Gasteiger partial charge is 0.362 e. The zero-order valence-electron chi connectivity index (χ0n) is 15.0. The summed E-state index contributed by atoms with van der Waals surface area (Å²) < 4.78 is 13.8. The molecule has 1 unspecified atom stereocenters. The third-order valence-corrected chi connectivity index (χ3v) is 6.27. The number of halogens is 2. The molecule has 0 spiro atoms. The molecule has 0 aromatic heterocycles. The Morgan fingerprint density at radius 1 is 1.26 bits per heavy atom. The van der Waals surface area contributed by atoms with Crippen LogP contribution in [0.4, 0.5) is 4.39 Å². The summed E-state index contributed by atoms with van der Waals surface area (Å²) in [5.74, 6) is -1.43. The summed E-state index contributed by atoms with van der Waals surface area (Å²) in [7, 11) is 0. The third-order valence-electron chi connectivity index (χ3n) is 4.81. The second-order valence-electron chi connectivity index (χ2n) is 6.84. The number of rotatable bonds is 5. The molecule has 1 atom stereocenters. The van der Waals surface area contributed by atoms with E-state index in [9.17, 15) is 14.0 Å². The second-order valence-corrected chi connectivity index (χ2v) is 8.43. The van der Waals surface area contributed by atoms with Gasteiger partial charge in [-0.15, -0.1) is 0 Å². The molecule has 1 fully saturated rings. The van der Waals surface area contributed by atoms with Gasteiger partial charge < -0.3 is 10.6 Å². The maximum atomic E-state index is 13.8. The average Bonchev–Trinajstić information content (AvgIpc) is 2.81. The molecule has 5 nitrogen and oxygen atoms in total. The van der Waals surface area contributed by atoms with Gasteiger partial charge in [0.2, 0.25) is 0 Å². The standard InChI is InChI=1S/C19H23ClFN3O2S/c20-13-8-5-9-14(21)16(13)18(26)22-11-10-15-17(25)24-19(27-15)23-12-6-3-1-2-4-7-12/h5,8-9,12,15H,1-4,6-7,10-11H2,(H,22,26)(H,23,24,25). The smallest absolute Gasteiger partial charge is 0.261 e. The first-order valence-corrected chi connectivity index (χ1v) is 10.6. The van der Waals surface area contributed by atoms with Crippen molar-refractivity contribution in [3.8, 4) is 0 Å². The van der Waals surface area contributed by atoms with Crippen LogP contribution in [0.2, 0.25) is 5.02 Å². The number of carbonyl (C=O) groups excluding carboxylic acids is 2. The lowest BCUT2D eigenvalue weighted by Crippen LogP contribution is -2.32. The minimum absolute atomic E-state index is 0.0667. The van der Waals surface area contributed by atoms with Crippen LogP contribution < -0.4 is 10.6 Å². The number of aliphatic imine (C=N–C) groups is 1. The normalized spacial score (nSPS) is 20.9. The van der Waals surface area contributed by atoms with E-state index in [1.165, 1.54) is 55.6 Å². The van der Waals surface area contributed by atoms with Gasteiger partial charge in [-0.3, -0.25) is 9.59 Å². The molecule has 0 saturated heterocycles. The molecule has 1 aromatic carbocycles.